The van der Waals surface area contributed by atoms with E-state index in [0.29, 0.717) is 17.2 Å². The Bertz CT molecular complexity index is 559. The normalized spacial score (nSPS) is 10.4. The summed E-state index contributed by atoms with van der Waals surface area (Å²) in [4.78, 5) is 4.29. The Kier molecular flexibility index (Phi) is 4.79. The number of hydrogen-bond acceptors (Lipinski definition) is 5. The molecule has 0 saturated carbocycles. The third-order valence-corrected chi connectivity index (χ3v) is 4.00. The van der Waals surface area contributed by atoms with Gasteiger partial charge in [0.25, 0.3) is 0 Å². The molecule has 0 aliphatic carbocycles. The van der Waals surface area contributed by atoms with Gasteiger partial charge < -0.3 is 18.8 Å². The van der Waals surface area contributed by atoms with E-state index >= 15 is 0 Å². The van der Waals surface area contributed by atoms with Crippen LogP contribution in [0.2, 0.25) is 0 Å². The van der Waals surface area contributed by atoms with Gasteiger partial charge in [0.1, 0.15) is 0 Å². The van der Waals surface area contributed by atoms with Crippen LogP contribution in [0, 0.1) is 0 Å². The number of thioether (sulfide) groups is 1. The molecule has 0 atom stereocenters. The minimum absolute atomic E-state index is 0.612. The van der Waals surface area contributed by atoms with E-state index < -0.39 is 0 Å². The Morgan fingerprint density at radius 2 is 1.75 bits per heavy atom. The quantitative estimate of drug-likeness (QED) is 0.767. The highest BCUT2D eigenvalue weighted by Crippen LogP contribution is 2.39. The smallest absolute Gasteiger partial charge is 0.203 e. The summed E-state index contributed by atoms with van der Waals surface area (Å²) in [5.41, 5.74) is 1.09. The number of benzene rings is 1. The minimum atomic E-state index is 0.612. The van der Waals surface area contributed by atoms with Crippen molar-refractivity contribution in [3.05, 3.63) is 30.1 Å². The van der Waals surface area contributed by atoms with Crippen molar-refractivity contribution in [1.82, 2.24) is 9.55 Å². The molecule has 0 aliphatic rings. The average Bonchev–Trinajstić information content (AvgIpc) is 2.89. The molecule has 0 spiro atoms. The minimum Gasteiger partial charge on any atom is -0.493 e. The Balaban J connectivity index is 2.21. The van der Waals surface area contributed by atoms with E-state index in [1.807, 2.05) is 29.9 Å². The second-order valence-corrected chi connectivity index (χ2v) is 5.09. The number of ether oxygens (including phenoxy) is 3. The lowest BCUT2D eigenvalue weighted by molar-refractivity contribution is 0.324. The number of rotatable bonds is 6. The van der Waals surface area contributed by atoms with Gasteiger partial charge in [-0.15, -0.1) is 0 Å². The van der Waals surface area contributed by atoms with Crippen LogP contribution in [0.1, 0.15) is 5.56 Å². The molecule has 2 rings (SSSR count). The van der Waals surface area contributed by atoms with Crippen LogP contribution in [0.25, 0.3) is 0 Å². The molecule has 0 saturated heterocycles. The van der Waals surface area contributed by atoms with E-state index in [4.69, 9.17) is 14.2 Å². The molecule has 0 radical (unpaired) electrons. The largest absolute Gasteiger partial charge is 0.493 e. The van der Waals surface area contributed by atoms with E-state index in [2.05, 4.69) is 4.98 Å². The highest BCUT2D eigenvalue weighted by Gasteiger charge is 2.13. The van der Waals surface area contributed by atoms with Gasteiger partial charge in [0.05, 0.1) is 21.3 Å². The van der Waals surface area contributed by atoms with Crippen molar-refractivity contribution in [2.24, 2.45) is 7.05 Å². The third-order valence-electron chi connectivity index (χ3n) is 2.87. The topological polar surface area (TPSA) is 45.5 Å². The molecule has 0 fully saturated rings. The maximum atomic E-state index is 5.35. The number of aromatic nitrogens is 2. The Labute approximate surface area is 122 Å². The van der Waals surface area contributed by atoms with Gasteiger partial charge in [0, 0.05) is 25.2 Å². The fourth-order valence-electron chi connectivity index (χ4n) is 1.86. The summed E-state index contributed by atoms with van der Waals surface area (Å²) in [7, 11) is 6.81. The van der Waals surface area contributed by atoms with Crippen molar-refractivity contribution in [3.63, 3.8) is 0 Å². The fraction of sp³-hybridized carbons (Fsp3) is 0.357. The number of imidazole rings is 1. The maximum Gasteiger partial charge on any atom is 0.203 e. The van der Waals surface area contributed by atoms with Crippen molar-refractivity contribution >= 4 is 11.8 Å². The zero-order valence-electron chi connectivity index (χ0n) is 12.0. The van der Waals surface area contributed by atoms with Crippen LogP contribution in [0.4, 0.5) is 0 Å². The standard InChI is InChI=1S/C14H18N2O3S/c1-16-6-5-15-14(16)20-9-10-7-11(17-2)13(19-4)12(8-10)18-3/h5-8H,9H2,1-4H3. The monoisotopic (exact) mass is 294 g/mol. The molecule has 2 aromatic rings. The maximum absolute atomic E-state index is 5.35. The van der Waals surface area contributed by atoms with Gasteiger partial charge in [-0.3, -0.25) is 0 Å². The molecule has 5 nitrogen and oxygen atoms in total. The zero-order valence-corrected chi connectivity index (χ0v) is 12.9. The lowest BCUT2D eigenvalue weighted by Crippen LogP contribution is -1.97. The lowest BCUT2D eigenvalue weighted by Gasteiger charge is -2.13. The summed E-state index contributed by atoms with van der Waals surface area (Å²) in [5, 5.41) is 0.971. The van der Waals surface area contributed by atoms with Gasteiger partial charge in [0.2, 0.25) is 5.75 Å². The summed E-state index contributed by atoms with van der Waals surface area (Å²) in [5.74, 6) is 2.73. The molecule has 1 aromatic heterocycles. The summed E-state index contributed by atoms with van der Waals surface area (Å²) in [6.45, 7) is 0. The van der Waals surface area contributed by atoms with E-state index in [0.717, 1.165) is 16.5 Å². The first-order valence-electron chi connectivity index (χ1n) is 6.08. The van der Waals surface area contributed by atoms with Crippen molar-refractivity contribution in [1.29, 1.82) is 0 Å². The summed E-state index contributed by atoms with van der Waals surface area (Å²) in [6, 6.07) is 3.91. The number of nitrogens with zero attached hydrogens (tertiary/aromatic N) is 2. The van der Waals surface area contributed by atoms with Crippen molar-refractivity contribution in [2.45, 2.75) is 10.9 Å². The Morgan fingerprint density at radius 3 is 2.20 bits per heavy atom. The first-order valence-corrected chi connectivity index (χ1v) is 7.07. The third kappa shape index (κ3) is 3.01. The van der Waals surface area contributed by atoms with Gasteiger partial charge in [-0.2, -0.15) is 0 Å². The van der Waals surface area contributed by atoms with Gasteiger partial charge in [0.15, 0.2) is 16.7 Å². The van der Waals surface area contributed by atoms with Crippen molar-refractivity contribution in [2.75, 3.05) is 21.3 Å². The molecule has 0 N–H and O–H groups in total. The highest BCUT2D eigenvalue weighted by atomic mass is 32.2. The van der Waals surface area contributed by atoms with Crippen LogP contribution in [0.3, 0.4) is 0 Å². The van der Waals surface area contributed by atoms with Crippen LogP contribution in [-0.4, -0.2) is 30.9 Å². The zero-order chi connectivity index (χ0) is 14.5. The van der Waals surface area contributed by atoms with Gasteiger partial charge >= 0.3 is 0 Å². The molecule has 6 heteroatoms. The second kappa shape index (κ2) is 6.56. The highest BCUT2D eigenvalue weighted by molar-refractivity contribution is 7.98. The first kappa shape index (κ1) is 14.6. The molecular weight excluding hydrogens is 276 g/mol. The molecule has 0 aliphatic heterocycles. The van der Waals surface area contributed by atoms with Crippen molar-refractivity contribution < 1.29 is 14.2 Å². The molecule has 20 heavy (non-hydrogen) atoms. The fourth-order valence-corrected chi connectivity index (χ4v) is 2.72. The molecule has 0 amide bonds. The second-order valence-electron chi connectivity index (χ2n) is 4.14. The van der Waals surface area contributed by atoms with Crippen LogP contribution >= 0.6 is 11.8 Å². The van der Waals surface area contributed by atoms with Crippen molar-refractivity contribution in [3.8, 4) is 17.2 Å². The molecular formula is C14H18N2O3S. The average molecular weight is 294 g/mol. The summed E-state index contributed by atoms with van der Waals surface area (Å²) < 4.78 is 18.0. The number of hydrogen-bond donors (Lipinski definition) is 0. The SMILES string of the molecule is COc1cc(CSc2nccn2C)cc(OC)c1OC. The van der Waals surface area contributed by atoms with Gasteiger partial charge in [-0.25, -0.2) is 4.98 Å². The lowest BCUT2D eigenvalue weighted by atomic mass is 10.2. The molecule has 108 valence electrons. The van der Waals surface area contributed by atoms with E-state index in [1.54, 1.807) is 39.3 Å². The molecule has 1 heterocycles. The number of aryl methyl sites for hydroxylation is 1. The van der Waals surface area contributed by atoms with Crippen LogP contribution in [0.5, 0.6) is 17.2 Å². The van der Waals surface area contributed by atoms with Crippen LogP contribution in [0.15, 0.2) is 29.7 Å². The Morgan fingerprint density at radius 1 is 1.10 bits per heavy atom. The first-order chi connectivity index (χ1) is 9.69. The molecule has 0 unspecified atom stereocenters. The molecule has 1 aromatic carbocycles. The van der Waals surface area contributed by atoms with E-state index in [-0.39, 0.29) is 0 Å². The van der Waals surface area contributed by atoms with Crippen LogP contribution < -0.4 is 14.2 Å². The van der Waals surface area contributed by atoms with Gasteiger partial charge in [-0.1, -0.05) is 11.8 Å². The van der Waals surface area contributed by atoms with Gasteiger partial charge in [-0.05, 0) is 17.7 Å². The predicted molar refractivity (Wildman–Crippen MR) is 78.9 cm³/mol. The number of methoxy groups -OCH3 is 3. The summed E-state index contributed by atoms with van der Waals surface area (Å²) >= 11 is 1.66. The Hall–Kier alpha value is -1.82. The van der Waals surface area contributed by atoms with E-state index in [1.165, 1.54) is 0 Å². The van der Waals surface area contributed by atoms with Crippen LogP contribution in [-0.2, 0) is 12.8 Å². The van der Waals surface area contributed by atoms with E-state index in [9.17, 15) is 0 Å². The summed E-state index contributed by atoms with van der Waals surface area (Å²) in [6.07, 6.45) is 3.72. The molecule has 0 bridgehead atoms. The predicted octanol–water partition coefficient (Wildman–Crippen LogP) is 2.74.